The van der Waals surface area contributed by atoms with Crippen molar-refractivity contribution in [3.63, 3.8) is 0 Å². The number of phenolic OH excluding ortho intramolecular Hbond substituents is 1. The van der Waals surface area contributed by atoms with E-state index in [1.807, 2.05) is 0 Å². The van der Waals surface area contributed by atoms with E-state index in [9.17, 15) is 4.39 Å². The number of hydrogen-bond acceptors (Lipinski definition) is 2. The first-order valence-corrected chi connectivity index (χ1v) is 3.19. The summed E-state index contributed by atoms with van der Waals surface area (Å²) in [4.78, 5) is 2.53. The van der Waals surface area contributed by atoms with E-state index < -0.39 is 11.6 Å². The maximum Gasteiger partial charge on any atom is 0.165 e. The average molecular weight is 167 g/mol. The van der Waals surface area contributed by atoms with E-state index in [2.05, 4.69) is 10.0 Å². The Kier molecular flexibility index (Phi) is 2.16. The van der Waals surface area contributed by atoms with Gasteiger partial charge in [-0.2, -0.15) is 0 Å². The fourth-order valence-electron chi connectivity index (χ4n) is 0.806. The summed E-state index contributed by atoms with van der Waals surface area (Å²) >= 11 is 0. The number of aromatic hydroxyl groups is 1. The summed E-state index contributed by atoms with van der Waals surface area (Å²) in [5.74, 6) is -1.23. The van der Waals surface area contributed by atoms with Gasteiger partial charge in [0.25, 0.3) is 0 Å². The normalized spacial score (nSPS) is 9.17. The number of hydrogen-bond donors (Lipinski definition) is 1. The molecule has 0 saturated heterocycles. The van der Waals surface area contributed by atoms with Gasteiger partial charge in [0.05, 0.1) is 0 Å². The van der Waals surface area contributed by atoms with Crippen LogP contribution in [0.15, 0.2) is 17.2 Å². The van der Waals surface area contributed by atoms with Crippen molar-refractivity contribution in [2.45, 2.75) is 6.92 Å². The van der Waals surface area contributed by atoms with Gasteiger partial charge in [-0.1, -0.05) is 5.11 Å². The standard InChI is InChI=1S/C7H6FN3O/c1-4-2-5(8)7(12)3-6(4)10-11-9/h2-3,12H,1H3. The molecule has 1 rings (SSSR count). The van der Waals surface area contributed by atoms with Gasteiger partial charge >= 0.3 is 0 Å². The minimum Gasteiger partial charge on any atom is -0.505 e. The molecule has 1 aromatic carbocycles. The zero-order valence-electron chi connectivity index (χ0n) is 6.32. The van der Waals surface area contributed by atoms with E-state index in [-0.39, 0.29) is 5.69 Å². The zero-order chi connectivity index (χ0) is 9.14. The number of azide groups is 1. The molecule has 4 nitrogen and oxygen atoms in total. The molecule has 0 heterocycles. The number of aryl methyl sites for hydroxylation is 1. The number of rotatable bonds is 1. The molecule has 0 bridgehead atoms. The molecule has 0 aliphatic rings. The van der Waals surface area contributed by atoms with Gasteiger partial charge in [0.15, 0.2) is 11.6 Å². The van der Waals surface area contributed by atoms with Crippen LogP contribution < -0.4 is 0 Å². The van der Waals surface area contributed by atoms with Gasteiger partial charge in [0, 0.05) is 10.6 Å². The van der Waals surface area contributed by atoms with Crippen LogP contribution in [-0.4, -0.2) is 5.11 Å². The molecule has 0 aliphatic carbocycles. The number of nitrogens with zero attached hydrogens (tertiary/aromatic N) is 3. The number of halogens is 1. The molecule has 12 heavy (non-hydrogen) atoms. The highest BCUT2D eigenvalue weighted by molar-refractivity contribution is 5.50. The molecular weight excluding hydrogens is 161 g/mol. The van der Waals surface area contributed by atoms with E-state index >= 15 is 0 Å². The predicted molar refractivity (Wildman–Crippen MR) is 41.6 cm³/mol. The Labute approximate surface area is 67.9 Å². The SMILES string of the molecule is Cc1cc(F)c(O)cc1N=[N+]=[N-]. The van der Waals surface area contributed by atoms with Gasteiger partial charge < -0.3 is 5.11 Å². The minimum atomic E-state index is -0.718. The maximum absolute atomic E-state index is 12.6. The van der Waals surface area contributed by atoms with E-state index in [4.69, 9.17) is 10.6 Å². The monoisotopic (exact) mass is 167 g/mol. The second-order valence-corrected chi connectivity index (χ2v) is 2.28. The van der Waals surface area contributed by atoms with Crippen molar-refractivity contribution in [2.75, 3.05) is 0 Å². The smallest absolute Gasteiger partial charge is 0.165 e. The summed E-state index contributed by atoms with van der Waals surface area (Å²) in [7, 11) is 0. The van der Waals surface area contributed by atoms with E-state index in [1.165, 1.54) is 0 Å². The van der Waals surface area contributed by atoms with Gasteiger partial charge in [0.2, 0.25) is 0 Å². The zero-order valence-corrected chi connectivity index (χ0v) is 6.32. The molecule has 1 aromatic rings. The van der Waals surface area contributed by atoms with Crippen molar-refractivity contribution in [3.8, 4) is 5.75 Å². The summed E-state index contributed by atoms with van der Waals surface area (Å²) in [6.07, 6.45) is 0. The van der Waals surface area contributed by atoms with Crippen LogP contribution in [0.4, 0.5) is 10.1 Å². The first-order valence-electron chi connectivity index (χ1n) is 3.19. The first-order chi connectivity index (χ1) is 5.65. The highest BCUT2D eigenvalue weighted by Crippen LogP contribution is 2.26. The van der Waals surface area contributed by atoms with Crippen LogP contribution in [0.2, 0.25) is 0 Å². The molecule has 0 amide bonds. The molecule has 0 aromatic heterocycles. The van der Waals surface area contributed by atoms with Crippen LogP contribution in [0, 0.1) is 12.7 Å². The molecule has 0 saturated carbocycles. The van der Waals surface area contributed by atoms with Gasteiger partial charge in [-0.15, -0.1) is 0 Å². The fraction of sp³-hybridized carbons (Fsp3) is 0.143. The van der Waals surface area contributed by atoms with Crippen LogP contribution in [0.3, 0.4) is 0 Å². The molecule has 0 unspecified atom stereocenters. The molecule has 0 fully saturated rings. The Morgan fingerprint density at radius 2 is 2.25 bits per heavy atom. The molecule has 0 atom stereocenters. The summed E-state index contributed by atoms with van der Waals surface area (Å²) in [5.41, 5.74) is 8.81. The number of phenols is 1. The van der Waals surface area contributed by atoms with Crippen molar-refractivity contribution in [1.29, 1.82) is 0 Å². The lowest BCUT2D eigenvalue weighted by molar-refractivity contribution is 0.432. The van der Waals surface area contributed by atoms with Crippen LogP contribution in [0.1, 0.15) is 5.56 Å². The predicted octanol–water partition coefficient (Wildman–Crippen LogP) is 2.78. The average Bonchev–Trinajstić information content (AvgIpc) is 2.01. The third kappa shape index (κ3) is 1.46. The van der Waals surface area contributed by atoms with Crippen LogP contribution in [0.25, 0.3) is 10.4 Å². The van der Waals surface area contributed by atoms with Crippen LogP contribution in [0.5, 0.6) is 5.75 Å². The topological polar surface area (TPSA) is 69.0 Å². The highest BCUT2D eigenvalue weighted by atomic mass is 19.1. The highest BCUT2D eigenvalue weighted by Gasteiger charge is 2.03. The van der Waals surface area contributed by atoms with Crippen LogP contribution >= 0.6 is 0 Å². The van der Waals surface area contributed by atoms with E-state index in [0.717, 1.165) is 12.1 Å². The summed E-state index contributed by atoms with van der Waals surface area (Å²) in [5, 5.41) is 12.2. The van der Waals surface area contributed by atoms with Gasteiger partial charge in [-0.05, 0) is 30.2 Å². The van der Waals surface area contributed by atoms with Crippen molar-refractivity contribution in [1.82, 2.24) is 0 Å². The lowest BCUT2D eigenvalue weighted by atomic mass is 10.2. The third-order valence-corrected chi connectivity index (χ3v) is 1.42. The maximum atomic E-state index is 12.6. The Bertz CT molecular complexity index is 358. The molecule has 0 aliphatic heterocycles. The van der Waals surface area contributed by atoms with Crippen molar-refractivity contribution in [2.24, 2.45) is 5.11 Å². The van der Waals surface area contributed by atoms with Crippen molar-refractivity contribution >= 4 is 5.69 Å². The summed E-state index contributed by atoms with van der Waals surface area (Å²) in [6.45, 7) is 1.59. The Morgan fingerprint density at radius 3 is 2.83 bits per heavy atom. The largest absolute Gasteiger partial charge is 0.505 e. The molecule has 0 spiro atoms. The second-order valence-electron chi connectivity index (χ2n) is 2.28. The quantitative estimate of drug-likeness (QED) is 0.390. The Balaban J connectivity index is 3.32. The van der Waals surface area contributed by atoms with Crippen molar-refractivity contribution < 1.29 is 9.50 Å². The first kappa shape index (κ1) is 8.36. The lowest BCUT2D eigenvalue weighted by Crippen LogP contribution is -1.79. The van der Waals surface area contributed by atoms with Crippen molar-refractivity contribution in [3.05, 3.63) is 34.0 Å². The van der Waals surface area contributed by atoms with E-state index in [0.29, 0.717) is 5.56 Å². The summed E-state index contributed by atoms with van der Waals surface area (Å²) in [6, 6.07) is 2.20. The van der Waals surface area contributed by atoms with Gasteiger partial charge in [-0.3, -0.25) is 0 Å². The summed E-state index contributed by atoms with van der Waals surface area (Å²) < 4.78 is 12.6. The minimum absolute atomic E-state index is 0.233. The third-order valence-electron chi connectivity index (χ3n) is 1.42. The van der Waals surface area contributed by atoms with Gasteiger partial charge in [-0.25, -0.2) is 4.39 Å². The number of benzene rings is 1. The lowest BCUT2D eigenvalue weighted by Gasteiger charge is -2.00. The van der Waals surface area contributed by atoms with E-state index in [1.54, 1.807) is 6.92 Å². The second kappa shape index (κ2) is 3.11. The Morgan fingerprint density at radius 1 is 1.58 bits per heavy atom. The molecule has 1 N–H and O–H groups in total. The van der Waals surface area contributed by atoms with Gasteiger partial charge in [0.1, 0.15) is 0 Å². The van der Waals surface area contributed by atoms with Crippen LogP contribution in [-0.2, 0) is 0 Å². The molecular formula is C7H6FN3O. The molecule has 62 valence electrons. The molecule has 5 heteroatoms. The molecule has 0 radical (unpaired) electrons. The fourth-order valence-corrected chi connectivity index (χ4v) is 0.806. The Hall–Kier alpha value is -1.74.